The number of rotatable bonds is 10. The van der Waals surface area contributed by atoms with Crippen LogP contribution in [0.4, 0.5) is 11.8 Å². The Balaban J connectivity index is 2.58. The van der Waals surface area contributed by atoms with E-state index >= 15 is 0 Å². The number of anilines is 2. The SMILES string of the molecule is CCCN(CCC)c1nncc(NCCCOC)n1. The van der Waals surface area contributed by atoms with Crippen LogP contribution >= 0.6 is 0 Å². The van der Waals surface area contributed by atoms with Crippen molar-refractivity contribution in [3.63, 3.8) is 0 Å². The number of aromatic nitrogens is 3. The molecule has 0 aliphatic carbocycles. The highest BCUT2D eigenvalue weighted by atomic mass is 16.5. The summed E-state index contributed by atoms with van der Waals surface area (Å²) in [6, 6.07) is 0. The minimum absolute atomic E-state index is 0.709. The van der Waals surface area contributed by atoms with Crippen LogP contribution in [0.2, 0.25) is 0 Å². The highest BCUT2D eigenvalue weighted by Gasteiger charge is 2.09. The van der Waals surface area contributed by atoms with Crippen LogP contribution in [0.3, 0.4) is 0 Å². The Hall–Kier alpha value is -1.43. The van der Waals surface area contributed by atoms with Crippen molar-refractivity contribution in [2.24, 2.45) is 0 Å². The van der Waals surface area contributed by atoms with Gasteiger partial charge in [0.2, 0.25) is 5.95 Å². The smallest absolute Gasteiger partial charge is 0.247 e. The molecule has 0 bridgehead atoms. The third-order valence-corrected chi connectivity index (χ3v) is 2.65. The van der Waals surface area contributed by atoms with Crippen LogP contribution in [-0.2, 0) is 4.74 Å². The predicted molar refractivity (Wildman–Crippen MR) is 77.6 cm³/mol. The molecular weight excluding hydrogens is 242 g/mol. The minimum Gasteiger partial charge on any atom is -0.385 e. The van der Waals surface area contributed by atoms with Gasteiger partial charge in [-0.15, -0.1) is 5.10 Å². The molecule has 108 valence electrons. The van der Waals surface area contributed by atoms with Crippen molar-refractivity contribution in [2.45, 2.75) is 33.1 Å². The van der Waals surface area contributed by atoms with Crippen molar-refractivity contribution in [1.29, 1.82) is 0 Å². The highest BCUT2D eigenvalue weighted by Crippen LogP contribution is 2.10. The Morgan fingerprint density at radius 3 is 2.63 bits per heavy atom. The molecule has 0 fully saturated rings. The summed E-state index contributed by atoms with van der Waals surface area (Å²) in [5, 5.41) is 11.4. The molecule has 0 atom stereocenters. The van der Waals surface area contributed by atoms with Crippen LogP contribution in [0.1, 0.15) is 33.1 Å². The van der Waals surface area contributed by atoms with Crippen molar-refractivity contribution in [3.05, 3.63) is 6.20 Å². The number of nitrogens with zero attached hydrogens (tertiary/aromatic N) is 4. The maximum atomic E-state index is 5.01. The van der Waals surface area contributed by atoms with E-state index in [1.165, 1.54) is 0 Å². The van der Waals surface area contributed by atoms with Crippen molar-refractivity contribution in [2.75, 3.05) is 43.6 Å². The van der Waals surface area contributed by atoms with Crippen LogP contribution in [0.15, 0.2) is 6.20 Å². The van der Waals surface area contributed by atoms with E-state index in [1.54, 1.807) is 13.3 Å². The molecule has 6 heteroatoms. The number of hydrogen-bond acceptors (Lipinski definition) is 6. The van der Waals surface area contributed by atoms with E-state index in [1.807, 2.05) is 0 Å². The van der Waals surface area contributed by atoms with Gasteiger partial charge >= 0.3 is 0 Å². The molecule has 0 saturated heterocycles. The Morgan fingerprint density at radius 2 is 2.00 bits per heavy atom. The quantitative estimate of drug-likeness (QED) is 0.654. The van der Waals surface area contributed by atoms with Gasteiger partial charge in [-0.3, -0.25) is 0 Å². The predicted octanol–water partition coefficient (Wildman–Crippen LogP) is 1.95. The first kappa shape index (κ1) is 15.6. The van der Waals surface area contributed by atoms with Gasteiger partial charge in [0.25, 0.3) is 0 Å². The molecule has 0 radical (unpaired) electrons. The summed E-state index contributed by atoms with van der Waals surface area (Å²) < 4.78 is 5.01. The fourth-order valence-electron chi connectivity index (χ4n) is 1.80. The van der Waals surface area contributed by atoms with Crippen LogP contribution in [0, 0.1) is 0 Å². The van der Waals surface area contributed by atoms with Gasteiger partial charge in [0.15, 0.2) is 5.82 Å². The van der Waals surface area contributed by atoms with Gasteiger partial charge in [-0.25, -0.2) is 0 Å². The molecular formula is C13H25N5O. The standard InChI is InChI=1S/C13H25N5O/c1-4-8-18(9-5-2)13-16-12(11-15-17-13)14-7-6-10-19-3/h11H,4-10H2,1-3H3,(H,14,16,17). The van der Waals surface area contributed by atoms with Gasteiger partial charge in [0.05, 0.1) is 6.20 Å². The second-order valence-corrected chi connectivity index (χ2v) is 4.40. The van der Waals surface area contributed by atoms with E-state index in [-0.39, 0.29) is 0 Å². The lowest BCUT2D eigenvalue weighted by molar-refractivity contribution is 0.197. The van der Waals surface area contributed by atoms with Crippen molar-refractivity contribution in [3.8, 4) is 0 Å². The molecule has 0 saturated carbocycles. The summed E-state index contributed by atoms with van der Waals surface area (Å²) in [6.45, 7) is 7.81. The van der Waals surface area contributed by atoms with Gasteiger partial charge in [0.1, 0.15) is 0 Å². The molecule has 1 rings (SSSR count). The van der Waals surface area contributed by atoms with Gasteiger partial charge in [0, 0.05) is 33.4 Å². The molecule has 1 aromatic rings. The molecule has 1 heterocycles. The van der Waals surface area contributed by atoms with E-state index in [0.717, 1.165) is 51.3 Å². The van der Waals surface area contributed by atoms with E-state index in [2.05, 4.69) is 39.2 Å². The third kappa shape index (κ3) is 5.83. The van der Waals surface area contributed by atoms with Crippen LogP contribution in [0.25, 0.3) is 0 Å². The van der Waals surface area contributed by atoms with E-state index in [4.69, 9.17) is 4.74 Å². The molecule has 0 unspecified atom stereocenters. The molecule has 19 heavy (non-hydrogen) atoms. The molecule has 1 N–H and O–H groups in total. The lowest BCUT2D eigenvalue weighted by Gasteiger charge is -2.20. The molecule has 0 aliphatic rings. The van der Waals surface area contributed by atoms with Crippen LogP contribution in [-0.4, -0.2) is 48.5 Å². The van der Waals surface area contributed by atoms with Crippen molar-refractivity contribution in [1.82, 2.24) is 15.2 Å². The zero-order chi connectivity index (χ0) is 13.9. The summed E-state index contributed by atoms with van der Waals surface area (Å²) in [6.07, 6.45) is 4.76. The fourth-order valence-corrected chi connectivity index (χ4v) is 1.80. The lowest BCUT2D eigenvalue weighted by Crippen LogP contribution is -2.27. The summed E-state index contributed by atoms with van der Waals surface area (Å²) in [4.78, 5) is 6.68. The average molecular weight is 267 g/mol. The summed E-state index contributed by atoms with van der Waals surface area (Å²) in [7, 11) is 1.71. The van der Waals surface area contributed by atoms with E-state index in [0.29, 0.717) is 5.95 Å². The van der Waals surface area contributed by atoms with Gasteiger partial charge in [-0.2, -0.15) is 10.1 Å². The molecule has 0 spiro atoms. The molecule has 0 aliphatic heterocycles. The maximum Gasteiger partial charge on any atom is 0.247 e. The summed E-state index contributed by atoms with van der Waals surface area (Å²) in [5.41, 5.74) is 0. The Bertz CT molecular complexity index is 342. The third-order valence-electron chi connectivity index (χ3n) is 2.65. The van der Waals surface area contributed by atoms with E-state index < -0.39 is 0 Å². The average Bonchev–Trinajstić information content (AvgIpc) is 2.44. The van der Waals surface area contributed by atoms with Gasteiger partial charge in [-0.05, 0) is 19.3 Å². The largest absolute Gasteiger partial charge is 0.385 e. The monoisotopic (exact) mass is 267 g/mol. The normalized spacial score (nSPS) is 10.5. The molecule has 6 nitrogen and oxygen atoms in total. The Morgan fingerprint density at radius 1 is 1.26 bits per heavy atom. The summed E-state index contributed by atoms with van der Waals surface area (Å²) >= 11 is 0. The van der Waals surface area contributed by atoms with E-state index in [9.17, 15) is 0 Å². The zero-order valence-corrected chi connectivity index (χ0v) is 12.2. The number of nitrogens with one attached hydrogen (secondary N) is 1. The fraction of sp³-hybridized carbons (Fsp3) is 0.769. The van der Waals surface area contributed by atoms with Gasteiger partial charge in [-0.1, -0.05) is 13.8 Å². The topological polar surface area (TPSA) is 63.2 Å². The second-order valence-electron chi connectivity index (χ2n) is 4.40. The Labute approximate surface area is 115 Å². The molecule has 0 aromatic carbocycles. The number of methoxy groups -OCH3 is 1. The van der Waals surface area contributed by atoms with Crippen LogP contribution < -0.4 is 10.2 Å². The lowest BCUT2D eigenvalue weighted by atomic mass is 10.4. The zero-order valence-electron chi connectivity index (χ0n) is 12.2. The Kier molecular flexibility index (Phi) is 7.81. The first-order valence-corrected chi connectivity index (χ1v) is 6.99. The first-order chi connectivity index (χ1) is 9.31. The number of ether oxygens (including phenoxy) is 1. The van der Waals surface area contributed by atoms with Crippen molar-refractivity contribution >= 4 is 11.8 Å². The number of hydrogen-bond donors (Lipinski definition) is 1. The first-order valence-electron chi connectivity index (χ1n) is 6.99. The molecule has 1 aromatic heterocycles. The van der Waals surface area contributed by atoms with Gasteiger partial charge < -0.3 is 15.0 Å². The molecule has 0 amide bonds. The maximum absolute atomic E-state index is 5.01. The van der Waals surface area contributed by atoms with Crippen molar-refractivity contribution < 1.29 is 4.74 Å². The van der Waals surface area contributed by atoms with Crippen LogP contribution in [0.5, 0.6) is 0 Å². The summed E-state index contributed by atoms with van der Waals surface area (Å²) in [5.74, 6) is 1.48. The highest BCUT2D eigenvalue weighted by molar-refractivity contribution is 5.38. The second kappa shape index (κ2) is 9.49. The minimum atomic E-state index is 0.709.